The molecule has 2 rings (SSSR count). The molecular formula is C15H22N2O2. The summed E-state index contributed by atoms with van der Waals surface area (Å²) in [6.45, 7) is 6.32. The summed E-state index contributed by atoms with van der Waals surface area (Å²) in [5, 5.41) is 2.97. The maximum Gasteiger partial charge on any atom is 0.256 e. The van der Waals surface area contributed by atoms with E-state index < -0.39 is 0 Å². The van der Waals surface area contributed by atoms with Crippen LogP contribution in [0, 0.1) is 12.3 Å². The number of rotatable bonds is 2. The Bertz CT molecular complexity index is 521. The van der Waals surface area contributed by atoms with Gasteiger partial charge in [-0.1, -0.05) is 13.8 Å². The minimum Gasteiger partial charge on any atom is -0.364 e. The van der Waals surface area contributed by atoms with Gasteiger partial charge < -0.3 is 10.3 Å². The molecule has 4 nitrogen and oxygen atoms in total. The predicted molar refractivity (Wildman–Crippen MR) is 75.3 cm³/mol. The van der Waals surface area contributed by atoms with Crippen LogP contribution in [-0.4, -0.2) is 16.9 Å². The molecule has 0 saturated heterocycles. The number of pyridine rings is 1. The molecule has 0 radical (unpaired) electrons. The van der Waals surface area contributed by atoms with E-state index in [1.54, 1.807) is 6.92 Å². The van der Waals surface area contributed by atoms with Crippen molar-refractivity contribution in [2.75, 3.05) is 0 Å². The molecule has 1 heterocycles. The molecule has 1 aliphatic carbocycles. The Morgan fingerprint density at radius 2 is 2.00 bits per heavy atom. The molecule has 2 N–H and O–H groups in total. The van der Waals surface area contributed by atoms with Gasteiger partial charge in [0.2, 0.25) is 0 Å². The zero-order valence-corrected chi connectivity index (χ0v) is 11.9. The van der Waals surface area contributed by atoms with Crippen molar-refractivity contribution in [1.29, 1.82) is 0 Å². The summed E-state index contributed by atoms with van der Waals surface area (Å²) in [6, 6.07) is 1.65. The van der Waals surface area contributed by atoms with Gasteiger partial charge in [-0.25, -0.2) is 0 Å². The minimum absolute atomic E-state index is 0.196. The largest absolute Gasteiger partial charge is 0.364 e. The third-order valence-electron chi connectivity index (χ3n) is 3.98. The van der Waals surface area contributed by atoms with E-state index in [0.717, 1.165) is 31.4 Å². The molecule has 1 aliphatic rings. The van der Waals surface area contributed by atoms with Crippen molar-refractivity contribution in [1.82, 2.24) is 10.3 Å². The predicted octanol–water partition coefficient (Wildman–Crippen LogP) is 2.38. The Labute approximate surface area is 113 Å². The maximum atomic E-state index is 12.1. The van der Waals surface area contributed by atoms with Gasteiger partial charge in [-0.2, -0.15) is 0 Å². The molecule has 0 aromatic carbocycles. The molecular weight excluding hydrogens is 240 g/mol. The number of aryl methyl sites for hydroxylation is 1. The summed E-state index contributed by atoms with van der Waals surface area (Å²) < 4.78 is 0. The van der Waals surface area contributed by atoms with E-state index in [2.05, 4.69) is 24.1 Å². The lowest BCUT2D eigenvalue weighted by atomic mass is 9.75. The standard InChI is InChI=1S/C15H22N2O2/c1-10-8-13(18)12(9-16-10)14(19)17-11-4-6-15(2,3)7-5-11/h8-9,11H,4-7H2,1-3H3,(H,16,18)(H,17,19). The highest BCUT2D eigenvalue weighted by Crippen LogP contribution is 2.34. The van der Waals surface area contributed by atoms with Crippen LogP contribution in [0.3, 0.4) is 0 Å². The molecule has 4 heteroatoms. The summed E-state index contributed by atoms with van der Waals surface area (Å²) >= 11 is 0. The lowest BCUT2D eigenvalue weighted by Crippen LogP contribution is -2.40. The average Bonchev–Trinajstić information content (AvgIpc) is 2.31. The van der Waals surface area contributed by atoms with Crippen LogP contribution >= 0.6 is 0 Å². The fraction of sp³-hybridized carbons (Fsp3) is 0.600. The highest BCUT2D eigenvalue weighted by atomic mass is 16.2. The van der Waals surface area contributed by atoms with Crippen LogP contribution in [-0.2, 0) is 0 Å². The normalized spacial score (nSPS) is 19.1. The molecule has 1 aromatic heterocycles. The monoisotopic (exact) mass is 262 g/mol. The van der Waals surface area contributed by atoms with Crippen molar-refractivity contribution in [2.24, 2.45) is 5.41 Å². The summed E-state index contributed by atoms with van der Waals surface area (Å²) in [7, 11) is 0. The molecule has 1 fully saturated rings. The van der Waals surface area contributed by atoms with Gasteiger partial charge in [0, 0.05) is 24.0 Å². The number of hydrogen-bond donors (Lipinski definition) is 2. The van der Waals surface area contributed by atoms with Crippen LogP contribution in [0.1, 0.15) is 55.6 Å². The first-order valence-electron chi connectivity index (χ1n) is 6.88. The molecule has 0 unspecified atom stereocenters. The molecule has 19 heavy (non-hydrogen) atoms. The van der Waals surface area contributed by atoms with E-state index >= 15 is 0 Å². The van der Waals surface area contributed by atoms with E-state index in [4.69, 9.17) is 0 Å². The smallest absolute Gasteiger partial charge is 0.256 e. The van der Waals surface area contributed by atoms with Gasteiger partial charge in [0.1, 0.15) is 5.56 Å². The van der Waals surface area contributed by atoms with Crippen LogP contribution in [0.2, 0.25) is 0 Å². The first kappa shape index (κ1) is 13.8. The zero-order valence-electron chi connectivity index (χ0n) is 11.9. The molecule has 0 bridgehead atoms. The van der Waals surface area contributed by atoms with Gasteiger partial charge in [0.15, 0.2) is 5.43 Å². The summed E-state index contributed by atoms with van der Waals surface area (Å²) in [6.07, 6.45) is 5.70. The number of amides is 1. The number of nitrogens with one attached hydrogen (secondary N) is 2. The Balaban J connectivity index is 2.00. The fourth-order valence-corrected chi connectivity index (χ4v) is 2.56. The molecule has 1 amide bonds. The Morgan fingerprint density at radius 3 is 2.58 bits per heavy atom. The quantitative estimate of drug-likeness (QED) is 0.859. The highest BCUT2D eigenvalue weighted by Gasteiger charge is 2.28. The second kappa shape index (κ2) is 5.19. The second-order valence-corrected chi connectivity index (χ2v) is 6.31. The number of hydrogen-bond acceptors (Lipinski definition) is 2. The van der Waals surface area contributed by atoms with Crippen molar-refractivity contribution in [3.05, 3.63) is 33.7 Å². The molecule has 0 aliphatic heterocycles. The lowest BCUT2D eigenvalue weighted by molar-refractivity contribution is 0.0907. The van der Waals surface area contributed by atoms with Crippen LogP contribution in [0.15, 0.2) is 17.1 Å². The topological polar surface area (TPSA) is 62.0 Å². The lowest BCUT2D eigenvalue weighted by Gasteiger charge is -2.34. The van der Waals surface area contributed by atoms with Crippen LogP contribution in [0.5, 0.6) is 0 Å². The highest BCUT2D eigenvalue weighted by molar-refractivity contribution is 5.93. The van der Waals surface area contributed by atoms with Crippen molar-refractivity contribution < 1.29 is 4.79 Å². The van der Waals surface area contributed by atoms with Crippen LogP contribution in [0.4, 0.5) is 0 Å². The van der Waals surface area contributed by atoms with Crippen LogP contribution < -0.4 is 10.7 Å². The van der Waals surface area contributed by atoms with Crippen molar-refractivity contribution in [3.8, 4) is 0 Å². The fourth-order valence-electron chi connectivity index (χ4n) is 2.56. The van der Waals surface area contributed by atoms with E-state index in [0.29, 0.717) is 5.41 Å². The molecule has 0 atom stereocenters. The number of aromatic amines is 1. The van der Waals surface area contributed by atoms with Gasteiger partial charge in [0.05, 0.1) is 0 Å². The number of carbonyl (C=O) groups excluding carboxylic acids is 1. The van der Waals surface area contributed by atoms with Gasteiger partial charge in [0.25, 0.3) is 5.91 Å². The molecule has 104 valence electrons. The third-order valence-corrected chi connectivity index (χ3v) is 3.98. The van der Waals surface area contributed by atoms with Gasteiger partial charge >= 0.3 is 0 Å². The van der Waals surface area contributed by atoms with Gasteiger partial charge in [-0.15, -0.1) is 0 Å². The Hall–Kier alpha value is -1.58. The molecule has 0 spiro atoms. The van der Waals surface area contributed by atoms with E-state index in [1.165, 1.54) is 12.3 Å². The maximum absolute atomic E-state index is 12.1. The SMILES string of the molecule is Cc1cc(=O)c(C(=O)NC2CCC(C)(C)CC2)c[nH]1. The summed E-state index contributed by atoms with van der Waals surface area (Å²) in [5.74, 6) is -0.258. The third kappa shape index (κ3) is 3.46. The Morgan fingerprint density at radius 1 is 1.37 bits per heavy atom. The van der Waals surface area contributed by atoms with Crippen molar-refractivity contribution in [3.63, 3.8) is 0 Å². The average molecular weight is 262 g/mol. The second-order valence-electron chi connectivity index (χ2n) is 6.31. The van der Waals surface area contributed by atoms with Crippen molar-refractivity contribution in [2.45, 2.75) is 52.5 Å². The van der Waals surface area contributed by atoms with Gasteiger partial charge in [-0.05, 0) is 38.0 Å². The molecule has 1 aromatic rings. The number of carbonyl (C=O) groups is 1. The number of aromatic nitrogens is 1. The zero-order chi connectivity index (χ0) is 14.0. The minimum atomic E-state index is -0.258. The van der Waals surface area contributed by atoms with Crippen molar-refractivity contribution >= 4 is 5.91 Å². The summed E-state index contributed by atoms with van der Waals surface area (Å²) in [4.78, 5) is 26.7. The van der Waals surface area contributed by atoms with Gasteiger partial charge in [-0.3, -0.25) is 9.59 Å². The Kier molecular flexibility index (Phi) is 3.78. The summed E-state index contributed by atoms with van der Waals surface area (Å²) in [5.41, 5.74) is 1.13. The first-order valence-corrected chi connectivity index (χ1v) is 6.88. The molecule has 1 saturated carbocycles. The first-order chi connectivity index (χ1) is 8.87. The van der Waals surface area contributed by atoms with E-state index in [-0.39, 0.29) is 22.9 Å². The van der Waals surface area contributed by atoms with Crippen LogP contribution in [0.25, 0.3) is 0 Å². The van der Waals surface area contributed by atoms with E-state index in [9.17, 15) is 9.59 Å². The van der Waals surface area contributed by atoms with E-state index in [1.807, 2.05) is 0 Å². The number of H-pyrrole nitrogens is 1.